The van der Waals surface area contributed by atoms with E-state index in [-0.39, 0.29) is 5.91 Å². The average Bonchev–Trinajstić information content (AvgIpc) is 2.79. The molecule has 2 saturated heterocycles. The molecule has 0 aliphatic carbocycles. The van der Waals surface area contributed by atoms with Gasteiger partial charge in [0, 0.05) is 64.8 Å². The van der Waals surface area contributed by atoms with Gasteiger partial charge in [0.25, 0.3) is 5.91 Å². The number of piperazine rings is 2. The lowest BCUT2D eigenvalue weighted by atomic mass is 10.2. The Morgan fingerprint density at radius 3 is 2.17 bits per heavy atom. The van der Waals surface area contributed by atoms with Crippen LogP contribution in [0.15, 0.2) is 36.7 Å². The predicted molar refractivity (Wildman–Crippen MR) is 113 cm³/mol. The quantitative estimate of drug-likeness (QED) is 0.769. The molecule has 2 aliphatic heterocycles. The van der Waals surface area contributed by atoms with Gasteiger partial charge in [-0.25, -0.2) is 9.97 Å². The first-order valence-electron chi connectivity index (χ1n) is 10.1. The molecule has 0 spiro atoms. The van der Waals surface area contributed by atoms with E-state index in [1.54, 1.807) is 19.5 Å². The molecule has 1 aromatic heterocycles. The highest BCUT2D eigenvalue weighted by Gasteiger charge is 2.23. The van der Waals surface area contributed by atoms with Crippen molar-refractivity contribution >= 4 is 17.5 Å². The van der Waals surface area contributed by atoms with Crippen LogP contribution in [-0.4, -0.2) is 92.2 Å². The van der Waals surface area contributed by atoms with Crippen LogP contribution in [-0.2, 0) is 0 Å². The number of para-hydroxylation sites is 2. The SMILES string of the molecule is COc1ccccc1N1CCN(c2ncc(C(=O)N3CCN(C)CC3)cn2)CC1. The number of aromatic nitrogens is 2. The molecule has 8 nitrogen and oxygen atoms in total. The van der Waals surface area contributed by atoms with Gasteiger partial charge in [0.2, 0.25) is 5.95 Å². The molecule has 2 fully saturated rings. The lowest BCUT2D eigenvalue weighted by Gasteiger charge is -2.36. The molecule has 3 heterocycles. The number of rotatable bonds is 4. The fourth-order valence-corrected chi connectivity index (χ4v) is 3.83. The van der Waals surface area contributed by atoms with Gasteiger partial charge in [-0.3, -0.25) is 4.79 Å². The summed E-state index contributed by atoms with van der Waals surface area (Å²) < 4.78 is 5.48. The molecule has 0 unspecified atom stereocenters. The maximum absolute atomic E-state index is 12.6. The van der Waals surface area contributed by atoms with Crippen LogP contribution in [0.3, 0.4) is 0 Å². The monoisotopic (exact) mass is 396 g/mol. The van der Waals surface area contributed by atoms with Crippen molar-refractivity contribution in [1.82, 2.24) is 19.8 Å². The molecular formula is C21H28N6O2. The minimum atomic E-state index is 0.0191. The molecule has 8 heteroatoms. The smallest absolute Gasteiger partial charge is 0.257 e. The van der Waals surface area contributed by atoms with Gasteiger partial charge in [0.15, 0.2) is 0 Å². The van der Waals surface area contributed by atoms with Crippen LogP contribution in [0.25, 0.3) is 0 Å². The number of amides is 1. The molecule has 2 aromatic rings. The summed E-state index contributed by atoms with van der Waals surface area (Å²) in [7, 11) is 3.78. The van der Waals surface area contributed by atoms with E-state index in [4.69, 9.17) is 4.74 Å². The summed E-state index contributed by atoms with van der Waals surface area (Å²) in [6, 6.07) is 8.09. The van der Waals surface area contributed by atoms with E-state index in [2.05, 4.69) is 37.8 Å². The molecule has 0 bridgehead atoms. The Hall–Kier alpha value is -2.87. The Morgan fingerprint density at radius 2 is 1.52 bits per heavy atom. The van der Waals surface area contributed by atoms with Gasteiger partial charge in [-0.05, 0) is 19.2 Å². The lowest BCUT2D eigenvalue weighted by Crippen LogP contribution is -2.47. The summed E-state index contributed by atoms with van der Waals surface area (Å²) in [6.07, 6.45) is 3.32. The van der Waals surface area contributed by atoms with Gasteiger partial charge in [-0.15, -0.1) is 0 Å². The van der Waals surface area contributed by atoms with E-state index >= 15 is 0 Å². The third-order valence-electron chi connectivity index (χ3n) is 5.66. The number of hydrogen-bond acceptors (Lipinski definition) is 7. The van der Waals surface area contributed by atoms with E-state index in [1.807, 2.05) is 23.1 Å². The van der Waals surface area contributed by atoms with Crippen molar-refractivity contribution in [3.8, 4) is 5.75 Å². The minimum absolute atomic E-state index is 0.0191. The topological polar surface area (TPSA) is 65.0 Å². The van der Waals surface area contributed by atoms with Crippen LogP contribution in [0.2, 0.25) is 0 Å². The number of methoxy groups -OCH3 is 1. The van der Waals surface area contributed by atoms with Gasteiger partial charge in [0.1, 0.15) is 5.75 Å². The van der Waals surface area contributed by atoms with E-state index in [0.29, 0.717) is 11.5 Å². The zero-order chi connectivity index (χ0) is 20.2. The van der Waals surface area contributed by atoms with Crippen LogP contribution in [0.4, 0.5) is 11.6 Å². The second-order valence-electron chi connectivity index (χ2n) is 7.51. The number of carbonyl (C=O) groups excluding carboxylic acids is 1. The van der Waals surface area contributed by atoms with E-state index in [0.717, 1.165) is 63.8 Å². The first-order valence-corrected chi connectivity index (χ1v) is 10.1. The van der Waals surface area contributed by atoms with Crippen LogP contribution < -0.4 is 14.5 Å². The molecule has 29 heavy (non-hydrogen) atoms. The summed E-state index contributed by atoms with van der Waals surface area (Å²) in [5, 5.41) is 0. The second kappa shape index (κ2) is 8.65. The number of likely N-dealkylation sites (N-methyl/N-ethyl adjacent to an activating group) is 1. The molecule has 4 rings (SSSR count). The summed E-state index contributed by atoms with van der Waals surface area (Å²) in [6.45, 7) is 6.69. The number of hydrogen-bond donors (Lipinski definition) is 0. The molecule has 0 radical (unpaired) electrons. The largest absolute Gasteiger partial charge is 0.495 e. The predicted octanol–water partition coefficient (Wildman–Crippen LogP) is 1.20. The molecule has 0 saturated carbocycles. The Morgan fingerprint density at radius 1 is 0.897 bits per heavy atom. The van der Waals surface area contributed by atoms with Crippen molar-refractivity contribution in [2.75, 3.05) is 76.3 Å². The van der Waals surface area contributed by atoms with Crippen molar-refractivity contribution in [3.05, 3.63) is 42.2 Å². The summed E-state index contributed by atoms with van der Waals surface area (Å²) >= 11 is 0. The fraction of sp³-hybridized carbons (Fsp3) is 0.476. The van der Waals surface area contributed by atoms with Gasteiger partial charge in [-0.2, -0.15) is 0 Å². The number of benzene rings is 1. The highest BCUT2D eigenvalue weighted by atomic mass is 16.5. The van der Waals surface area contributed by atoms with Crippen LogP contribution in [0.1, 0.15) is 10.4 Å². The summed E-state index contributed by atoms with van der Waals surface area (Å²) in [4.78, 5) is 30.2. The van der Waals surface area contributed by atoms with Gasteiger partial charge in [-0.1, -0.05) is 12.1 Å². The molecule has 2 aliphatic rings. The zero-order valence-electron chi connectivity index (χ0n) is 17.1. The number of ether oxygens (including phenoxy) is 1. The zero-order valence-corrected chi connectivity index (χ0v) is 17.1. The van der Waals surface area contributed by atoms with Crippen molar-refractivity contribution in [2.45, 2.75) is 0 Å². The van der Waals surface area contributed by atoms with Crippen LogP contribution in [0, 0.1) is 0 Å². The summed E-state index contributed by atoms with van der Waals surface area (Å²) in [5.74, 6) is 1.59. The molecule has 1 aromatic carbocycles. The van der Waals surface area contributed by atoms with Crippen molar-refractivity contribution in [2.24, 2.45) is 0 Å². The third kappa shape index (κ3) is 4.27. The van der Waals surface area contributed by atoms with Gasteiger partial charge < -0.3 is 24.3 Å². The highest BCUT2D eigenvalue weighted by Crippen LogP contribution is 2.28. The third-order valence-corrected chi connectivity index (χ3v) is 5.66. The minimum Gasteiger partial charge on any atom is -0.495 e. The Bertz CT molecular complexity index is 827. The normalized spacial score (nSPS) is 18.1. The molecule has 0 atom stereocenters. The van der Waals surface area contributed by atoms with E-state index in [9.17, 15) is 4.79 Å². The second-order valence-corrected chi connectivity index (χ2v) is 7.51. The Balaban J connectivity index is 1.36. The van der Waals surface area contributed by atoms with Gasteiger partial charge >= 0.3 is 0 Å². The first-order chi connectivity index (χ1) is 14.2. The lowest BCUT2D eigenvalue weighted by molar-refractivity contribution is 0.0663. The molecule has 154 valence electrons. The number of carbonyl (C=O) groups is 1. The average molecular weight is 396 g/mol. The highest BCUT2D eigenvalue weighted by molar-refractivity contribution is 5.93. The van der Waals surface area contributed by atoms with Crippen molar-refractivity contribution in [1.29, 1.82) is 0 Å². The Kier molecular flexibility index (Phi) is 5.80. The van der Waals surface area contributed by atoms with E-state index < -0.39 is 0 Å². The summed E-state index contributed by atoms with van der Waals surface area (Å²) in [5.41, 5.74) is 1.68. The van der Waals surface area contributed by atoms with Crippen LogP contribution in [0.5, 0.6) is 5.75 Å². The maximum Gasteiger partial charge on any atom is 0.257 e. The molecular weight excluding hydrogens is 368 g/mol. The van der Waals surface area contributed by atoms with E-state index in [1.165, 1.54) is 0 Å². The van der Waals surface area contributed by atoms with Crippen molar-refractivity contribution in [3.63, 3.8) is 0 Å². The van der Waals surface area contributed by atoms with Gasteiger partial charge in [0.05, 0.1) is 18.4 Å². The maximum atomic E-state index is 12.6. The molecule has 1 amide bonds. The Labute approximate surface area is 171 Å². The van der Waals surface area contributed by atoms with Crippen LogP contribution >= 0.6 is 0 Å². The first kappa shape index (κ1) is 19.4. The standard InChI is InChI=1S/C21H28N6O2/c1-24-7-9-26(10-8-24)20(28)17-15-22-21(23-16-17)27-13-11-25(12-14-27)18-5-3-4-6-19(18)29-2/h3-6,15-16H,7-14H2,1-2H3. The molecule has 0 N–H and O–H groups in total. The number of nitrogens with zero attached hydrogens (tertiary/aromatic N) is 6. The fourth-order valence-electron chi connectivity index (χ4n) is 3.83. The number of anilines is 2. The van der Waals surface area contributed by atoms with Crippen molar-refractivity contribution < 1.29 is 9.53 Å².